The van der Waals surface area contributed by atoms with E-state index in [0.29, 0.717) is 13.1 Å². The van der Waals surface area contributed by atoms with Crippen molar-refractivity contribution in [2.45, 2.75) is 38.9 Å². The van der Waals surface area contributed by atoms with Gasteiger partial charge in [0.2, 0.25) is 5.91 Å². The lowest BCUT2D eigenvalue weighted by molar-refractivity contribution is -0.133. The van der Waals surface area contributed by atoms with Crippen molar-refractivity contribution in [3.8, 4) is 0 Å². The Morgan fingerprint density at radius 1 is 1.03 bits per heavy atom. The van der Waals surface area contributed by atoms with Crippen LogP contribution in [0.25, 0.3) is 0 Å². The Kier molecular flexibility index (Phi) is 6.85. The minimum atomic E-state index is -0.498. The average Bonchev–Trinajstić information content (AvgIpc) is 3.55. The van der Waals surface area contributed by atoms with Crippen molar-refractivity contribution in [2.24, 2.45) is 0 Å². The van der Waals surface area contributed by atoms with Crippen LogP contribution in [0.1, 0.15) is 28.8 Å². The van der Waals surface area contributed by atoms with Gasteiger partial charge in [0.1, 0.15) is 12.4 Å². The molecule has 0 radical (unpaired) electrons. The monoisotopic (exact) mass is 451 g/mol. The van der Waals surface area contributed by atoms with E-state index >= 15 is 0 Å². The summed E-state index contributed by atoms with van der Waals surface area (Å²) in [7, 11) is 0. The molecule has 2 aromatic carbocycles. The number of nitrogens with zero attached hydrogens (tertiary/aromatic N) is 2. The first-order chi connectivity index (χ1) is 15.5. The number of hydrogen-bond donors (Lipinski definition) is 1. The van der Waals surface area contributed by atoms with Gasteiger partial charge in [-0.25, -0.2) is 9.18 Å². The number of carbonyl (C=O) groups excluding carboxylic acids is 2. The number of urea groups is 1. The first-order valence-electron chi connectivity index (χ1n) is 10.7. The molecule has 32 heavy (non-hydrogen) atoms. The molecule has 0 aliphatic heterocycles. The summed E-state index contributed by atoms with van der Waals surface area (Å²) < 4.78 is 14.0. The van der Waals surface area contributed by atoms with E-state index in [9.17, 15) is 14.0 Å². The second-order valence-electron chi connectivity index (χ2n) is 8.03. The summed E-state index contributed by atoms with van der Waals surface area (Å²) >= 11 is 1.62. The number of anilines is 1. The van der Waals surface area contributed by atoms with E-state index in [4.69, 9.17) is 0 Å². The van der Waals surface area contributed by atoms with Gasteiger partial charge in [0.15, 0.2) is 0 Å². The van der Waals surface area contributed by atoms with Crippen LogP contribution in [0.15, 0.2) is 66.0 Å². The van der Waals surface area contributed by atoms with Gasteiger partial charge in [0.05, 0.1) is 12.2 Å². The molecule has 0 saturated heterocycles. The molecule has 1 aromatic heterocycles. The van der Waals surface area contributed by atoms with Crippen LogP contribution < -0.4 is 5.32 Å². The lowest BCUT2D eigenvalue weighted by Crippen LogP contribution is -2.45. The molecule has 1 aliphatic carbocycles. The van der Waals surface area contributed by atoms with Crippen molar-refractivity contribution >= 4 is 29.0 Å². The zero-order chi connectivity index (χ0) is 22.5. The molecule has 0 bridgehead atoms. The number of carbonyl (C=O) groups is 2. The Bertz CT molecular complexity index is 1080. The lowest BCUT2D eigenvalue weighted by atomic mass is 10.2. The molecule has 1 N–H and O–H groups in total. The third-order valence-corrected chi connectivity index (χ3v) is 6.55. The van der Waals surface area contributed by atoms with Crippen molar-refractivity contribution < 1.29 is 14.0 Å². The molecule has 1 saturated carbocycles. The number of thiophene rings is 1. The number of benzene rings is 2. The van der Waals surface area contributed by atoms with Gasteiger partial charge in [0.25, 0.3) is 0 Å². The van der Waals surface area contributed by atoms with Gasteiger partial charge in [-0.1, -0.05) is 42.5 Å². The number of rotatable bonds is 8. The molecule has 3 amide bonds. The van der Waals surface area contributed by atoms with Crippen LogP contribution in [-0.4, -0.2) is 34.3 Å². The second kappa shape index (κ2) is 9.96. The van der Waals surface area contributed by atoms with Crippen molar-refractivity contribution in [1.82, 2.24) is 9.80 Å². The van der Waals surface area contributed by atoms with Crippen molar-refractivity contribution in [1.29, 1.82) is 0 Å². The van der Waals surface area contributed by atoms with E-state index in [1.165, 1.54) is 17.0 Å². The van der Waals surface area contributed by atoms with Crippen LogP contribution >= 0.6 is 11.3 Å². The van der Waals surface area contributed by atoms with Crippen molar-refractivity contribution in [3.63, 3.8) is 0 Å². The Morgan fingerprint density at radius 2 is 1.75 bits per heavy atom. The first kappa shape index (κ1) is 22.0. The molecular formula is C25H26FN3O2S. The molecule has 1 fully saturated rings. The predicted molar refractivity (Wildman–Crippen MR) is 125 cm³/mol. The van der Waals surface area contributed by atoms with Gasteiger partial charge in [-0.15, -0.1) is 11.3 Å². The number of aryl methyl sites for hydroxylation is 1. The van der Waals surface area contributed by atoms with Gasteiger partial charge >= 0.3 is 6.03 Å². The first-order valence-corrected chi connectivity index (χ1v) is 11.6. The Hall–Kier alpha value is -3.19. The molecule has 3 aromatic rings. The summed E-state index contributed by atoms with van der Waals surface area (Å²) in [6.45, 7) is 2.95. The Morgan fingerprint density at radius 3 is 2.41 bits per heavy atom. The fraction of sp³-hybridized carbons (Fsp3) is 0.280. The fourth-order valence-electron chi connectivity index (χ4n) is 3.52. The highest BCUT2D eigenvalue weighted by molar-refractivity contribution is 7.10. The minimum Gasteiger partial charge on any atom is -0.332 e. The molecule has 1 aliphatic rings. The highest BCUT2D eigenvalue weighted by atomic mass is 32.1. The molecule has 0 atom stereocenters. The zero-order valence-corrected chi connectivity index (χ0v) is 18.8. The smallest absolute Gasteiger partial charge is 0.322 e. The van der Waals surface area contributed by atoms with Crippen LogP contribution in [0, 0.1) is 12.7 Å². The van der Waals surface area contributed by atoms with Crippen LogP contribution in [-0.2, 0) is 17.9 Å². The molecule has 166 valence electrons. The molecule has 0 spiro atoms. The van der Waals surface area contributed by atoms with Gasteiger partial charge in [0, 0.05) is 17.5 Å². The number of amides is 3. The summed E-state index contributed by atoms with van der Waals surface area (Å²) in [4.78, 5) is 30.8. The molecule has 4 rings (SSSR count). The maximum Gasteiger partial charge on any atom is 0.322 e. The largest absolute Gasteiger partial charge is 0.332 e. The summed E-state index contributed by atoms with van der Waals surface area (Å²) in [6, 6.07) is 17.5. The highest BCUT2D eigenvalue weighted by Crippen LogP contribution is 2.28. The summed E-state index contributed by atoms with van der Waals surface area (Å²) in [5, 5.41) is 4.65. The third-order valence-electron chi connectivity index (χ3n) is 5.54. The summed E-state index contributed by atoms with van der Waals surface area (Å²) in [6.07, 6.45) is 1.70. The highest BCUT2D eigenvalue weighted by Gasteiger charge is 2.35. The maximum absolute atomic E-state index is 14.0. The zero-order valence-electron chi connectivity index (χ0n) is 18.0. The van der Waals surface area contributed by atoms with Crippen molar-refractivity contribution in [2.75, 3.05) is 11.9 Å². The van der Waals surface area contributed by atoms with E-state index in [-0.39, 0.29) is 24.2 Å². The van der Waals surface area contributed by atoms with E-state index in [2.05, 4.69) is 5.32 Å². The van der Waals surface area contributed by atoms with Gasteiger partial charge < -0.3 is 15.1 Å². The quantitative estimate of drug-likeness (QED) is 0.497. The summed E-state index contributed by atoms with van der Waals surface area (Å²) in [5.74, 6) is -0.626. The van der Waals surface area contributed by atoms with E-state index in [0.717, 1.165) is 28.8 Å². The van der Waals surface area contributed by atoms with Crippen LogP contribution in [0.4, 0.5) is 14.9 Å². The van der Waals surface area contributed by atoms with Crippen LogP contribution in [0.5, 0.6) is 0 Å². The SMILES string of the molecule is Cc1ccsc1CN(Cc1ccccc1)C(=O)CN(C(=O)Nc1ccccc1F)C1CC1. The standard InChI is InChI=1S/C25H26FN3O2S/c1-18-13-14-32-23(18)16-28(15-19-7-3-2-4-8-19)24(30)17-29(20-11-12-20)25(31)27-22-10-6-5-9-21(22)26/h2-10,13-14,20H,11-12,15-17H2,1H3,(H,27,31). The molecule has 5 nitrogen and oxygen atoms in total. The Labute approximate surface area is 191 Å². The van der Waals surface area contributed by atoms with Crippen molar-refractivity contribution in [3.05, 3.63) is 87.9 Å². The Balaban J connectivity index is 1.50. The average molecular weight is 452 g/mol. The predicted octanol–water partition coefficient (Wildman–Crippen LogP) is 5.42. The van der Waals surface area contributed by atoms with E-state index in [1.54, 1.807) is 28.4 Å². The molecule has 1 heterocycles. The molecule has 0 unspecified atom stereocenters. The van der Waals surface area contributed by atoms with Crippen LogP contribution in [0.3, 0.4) is 0 Å². The normalized spacial score (nSPS) is 12.9. The van der Waals surface area contributed by atoms with Gasteiger partial charge in [-0.05, 0) is 54.5 Å². The number of para-hydroxylation sites is 1. The summed E-state index contributed by atoms with van der Waals surface area (Å²) in [5.41, 5.74) is 2.30. The minimum absolute atomic E-state index is 0.00720. The number of halogens is 1. The lowest BCUT2D eigenvalue weighted by Gasteiger charge is -2.28. The van der Waals surface area contributed by atoms with E-state index < -0.39 is 11.8 Å². The maximum atomic E-state index is 14.0. The van der Waals surface area contributed by atoms with Gasteiger partial charge in [-0.2, -0.15) is 0 Å². The molecular weight excluding hydrogens is 425 g/mol. The van der Waals surface area contributed by atoms with Crippen LogP contribution in [0.2, 0.25) is 0 Å². The topological polar surface area (TPSA) is 52.7 Å². The number of hydrogen-bond acceptors (Lipinski definition) is 3. The second-order valence-corrected chi connectivity index (χ2v) is 9.03. The van der Waals surface area contributed by atoms with Gasteiger partial charge in [-0.3, -0.25) is 4.79 Å². The fourth-order valence-corrected chi connectivity index (χ4v) is 4.44. The molecule has 7 heteroatoms. The van der Waals surface area contributed by atoms with E-state index in [1.807, 2.05) is 48.7 Å². The number of nitrogens with one attached hydrogen (secondary N) is 1. The third kappa shape index (κ3) is 5.53.